The van der Waals surface area contributed by atoms with Crippen molar-refractivity contribution in [3.8, 4) is 0 Å². The summed E-state index contributed by atoms with van der Waals surface area (Å²) in [5.41, 5.74) is 1.42. The van der Waals surface area contributed by atoms with Gasteiger partial charge in [-0.1, -0.05) is 18.2 Å². The van der Waals surface area contributed by atoms with Crippen LogP contribution in [0.4, 0.5) is 14.5 Å². The number of carbonyl (C=O) groups is 1. The normalized spacial score (nSPS) is 11.0. The molecule has 1 aromatic heterocycles. The lowest BCUT2D eigenvalue weighted by atomic mass is 10.1. The highest BCUT2D eigenvalue weighted by molar-refractivity contribution is 6.01. The summed E-state index contributed by atoms with van der Waals surface area (Å²) in [5, 5.41) is 2.66. The van der Waals surface area contributed by atoms with Gasteiger partial charge in [-0.2, -0.15) is 0 Å². The fourth-order valence-electron chi connectivity index (χ4n) is 2.47. The summed E-state index contributed by atoms with van der Waals surface area (Å²) in [6.45, 7) is 2.62. The number of aromatic nitrogens is 2. The van der Waals surface area contributed by atoms with Crippen LogP contribution in [0.15, 0.2) is 60.9 Å². The molecule has 1 N–H and O–H groups in total. The molecule has 3 rings (SSSR count). The van der Waals surface area contributed by atoms with E-state index >= 15 is 0 Å². The van der Waals surface area contributed by atoms with Crippen molar-refractivity contribution < 1.29 is 13.6 Å². The second-order valence-electron chi connectivity index (χ2n) is 5.76. The number of halogens is 2. The number of hydrogen-bond donors (Lipinski definition) is 1. The van der Waals surface area contributed by atoms with Crippen molar-refractivity contribution in [3.05, 3.63) is 89.5 Å². The third kappa shape index (κ3) is 4.22. The molecule has 26 heavy (non-hydrogen) atoms. The molecular weight excluding hydrogens is 336 g/mol. The van der Waals surface area contributed by atoms with Crippen LogP contribution in [0, 0.1) is 18.6 Å². The van der Waals surface area contributed by atoms with Crippen LogP contribution in [0.1, 0.15) is 17.0 Å². The summed E-state index contributed by atoms with van der Waals surface area (Å²) in [5.74, 6) is -0.972. The Hall–Kier alpha value is -3.28. The van der Waals surface area contributed by atoms with Gasteiger partial charge in [0.1, 0.15) is 17.5 Å². The van der Waals surface area contributed by atoms with Crippen molar-refractivity contribution in [1.82, 2.24) is 9.55 Å². The number of anilines is 1. The van der Waals surface area contributed by atoms with Crippen molar-refractivity contribution in [1.29, 1.82) is 0 Å². The minimum absolute atomic E-state index is 0.242. The van der Waals surface area contributed by atoms with E-state index in [4.69, 9.17) is 0 Å². The highest BCUT2D eigenvalue weighted by Crippen LogP contribution is 2.15. The summed E-state index contributed by atoms with van der Waals surface area (Å²) in [6, 6.07) is 10.9. The minimum Gasteiger partial charge on any atom is -0.331 e. The molecule has 0 atom stereocenters. The van der Waals surface area contributed by atoms with E-state index in [0.29, 0.717) is 12.2 Å². The maximum atomic E-state index is 13.5. The number of nitrogens with one attached hydrogen (secondary N) is 1. The number of carbonyl (C=O) groups excluding carboxylic acids is 1. The Balaban J connectivity index is 1.63. The van der Waals surface area contributed by atoms with Gasteiger partial charge in [0, 0.05) is 36.3 Å². The van der Waals surface area contributed by atoms with Gasteiger partial charge in [0.15, 0.2) is 0 Å². The molecule has 0 saturated carbocycles. The zero-order valence-electron chi connectivity index (χ0n) is 14.1. The predicted octanol–water partition coefficient (Wildman–Crippen LogP) is 4.17. The number of benzene rings is 2. The molecule has 3 aromatic rings. The maximum Gasteiger partial charge on any atom is 0.248 e. The molecule has 0 radical (unpaired) electrons. The van der Waals surface area contributed by atoms with Crippen molar-refractivity contribution >= 4 is 17.7 Å². The third-order valence-corrected chi connectivity index (χ3v) is 3.90. The molecular formula is C20H17F2N3O. The molecule has 0 bridgehead atoms. The predicted molar refractivity (Wildman–Crippen MR) is 96.5 cm³/mol. The number of nitrogens with zero attached hydrogens (tertiary/aromatic N) is 2. The molecule has 0 aliphatic heterocycles. The van der Waals surface area contributed by atoms with E-state index in [9.17, 15) is 13.6 Å². The number of amides is 1. The smallest absolute Gasteiger partial charge is 0.248 e. The third-order valence-electron chi connectivity index (χ3n) is 3.90. The largest absolute Gasteiger partial charge is 0.331 e. The van der Waals surface area contributed by atoms with Crippen LogP contribution in [-0.4, -0.2) is 15.5 Å². The average Bonchev–Trinajstić information content (AvgIpc) is 3.01. The Morgan fingerprint density at radius 3 is 2.46 bits per heavy atom. The van der Waals surface area contributed by atoms with E-state index in [1.165, 1.54) is 6.07 Å². The fourth-order valence-corrected chi connectivity index (χ4v) is 2.47. The summed E-state index contributed by atoms with van der Waals surface area (Å²) >= 11 is 0. The van der Waals surface area contributed by atoms with Crippen LogP contribution in [0.3, 0.4) is 0 Å². The topological polar surface area (TPSA) is 46.9 Å². The van der Waals surface area contributed by atoms with Crippen molar-refractivity contribution in [2.45, 2.75) is 13.5 Å². The lowest BCUT2D eigenvalue weighted by Gasteiger charge is -2.07. The molecule has 0 unspecified atom stereocenters. The highest BCUT2D eigenvalue weighted by Gasteiger charge is 2.06. The SMILES string of the molecule is Cc1nccn1Cc1ccc(NC(=O)C=Cc2c(F)cccc2F)cc1. The molecule has 1 amide bonds. The average molecular weight is 353 g/mol. The van der Waals surface area contributed by atoms with E-state index in [0.717, 1.165) is 35.7 Å². The zero-order chi connectivity index (χ0) is 18.5. The first-order chi connectivity index (χ1) is 12.5. The Labute approximate surface area is 149 Å². The van der Waals surface area contributed by atoms with Crippen LogP contribution in [0.25, 0.3) is 6.08 Å². The summed E-state index contributed by atoms with van der Waals surface area (Å²) in [6.07, 6.45) is 5.87. The standard InChI is InChI=1S/C20H17F2N3O/c1-14-23-11-12-25(14)13-15-5-7-16(8-6-15)24-20(26)10-9-17-18(21)3-2-4-19(17)22/h2-12H,13H2,1H3,(H,24,26). The second-order valence-corrected chi connectivity index (χ2v) is 5.76. The Bertz CT molecular complexity index is 926. The number of hydrogen-bond acceptors (Lipinski definition) is 2. The van der Waals surface area contributed by atoms with E-state index in [1.54, 1.807) is 18.3 Å². The van der Waals surface area contributed by atoms with Crippen LogP contribution in [0.2, 0.25) is 0 Å². The minimum atomic E-state index is -0.715. The Morgan fingerprint density at radius 2 is 1.85 bits per heavy atom. The molecule has 2 aromatic carbocycles. The van der Waals surface area contributed by atoms with Gasteiger partial charge >= 0.3 is 0 Å². The number of imidazole rings is 1. The molecule has 0 saturated heterocycles. The van der Waals surface area contributed by atoms with Crippen molar-refractivity contribution in [2.75, 3.05) is 5.32 Å². The van der Waals surface area contributed by atoms with E-state index in [2.05, 4.69) is 10.3 Å². The first-order valence-electron chi connectivity index (χ1n) is 8.02. The maximum absolute atomic E-state index is 13.5. The van der Waals surface area contributed by atoms with Gasteiger partial charge in [0.25, 0.3) is 0 Å². The van der Waals surface area contributed by atoms with Gasteiger partial charge < -0.3 is 9.88 Å². The zero-order valence-corrected chi connectivity index (χ0v) is 14.1. The molecule has 0 aliphatic rings. The molecule has 132 valence electrons. The highest BCUT2D eigenvalue weighted by atomic mass is 19.1. The van der Waals surface area contributed by atoms with E-state index in [1.807, 2.05) is 29.8 Å². The van der Waals surface area contributed by atoms with E-state index < -0.39 is 17.5 Å². The molecule has 6 heteroatoms. The molecule has 1 heterocycles. The molecule has 4 nitrogen and oxygen atoms in total. The van der Waals surface area contributed by atoms with Crippen LogP contribution in [-0.2, 0) is 11.3 Å². The lowest BCUT2D eigenvalue weighted by Crippen LogP contribution is -2.08. The van der Waals surface area contributed by atoms with Gasteiger partial charge in [-0.25, -0.2) is 13.8 Å². The van der Waals surface area contributed by atoms with E-state index in [-0.39, 0.29) is 5.56 Å². The van der Waals surface area contributed by atoms with Crippen LogP contribution in [0.5, 0.6) is 0 Å². The summed E-state index contributed by atoms with van der Waals surface area (Å²) in [7, 11) is 0. The molecule has 0 aliphatic carbocycles. The van der Waals surface area contributed by atoms with Gasteiger partial charge in [-0.3, -0.25) is 4.79 Å². The fraction of sp³-hybridized carbons (Fsp3) is 0.100. The second kappa shape index (κ2) is 7.74. The van der Waals surface area contributed by atoms with Crippen LogP contribution >= 0.6 is 0 Å². The number of aryl methyl sites for hydroxylation is 1. The summed E-state index contributed by atoms with van der Waals surface area (Å²) < 4.78 is 29.1. The molecule has 0 fully saturated rings. The van der Waals surface area contributed by atoms with Crippen molar-refractivity contribution in [2.24, 2.45) is 0 Å². The van der Waals surface area contributed by atoms with Gasteiger partial charge in [-0.05, 0) is 42.8 Å². The number of rotatable bonds is 5. The quantitative estimate of drug-likeness (QED) is 0.700. The van der Waals surface area contributed by atoms with Gasteiger partial charge in [0.2, 0.25) is 5.91 Å². The lowest BCUT2D eigenvalue weighted by molar-refractivity contribution is -0.111. The van der Waals surface area contributed by atoms with Crippen molar-refractivity contribution in [3.63, 3.8) is 0 Å². The Morgan fingerprint density at radius 1 is 1.15 bits per heavy atom. The van der Waals surface area contributed by atoms with Gasteiger partial charge in [0.05, 0.1) is 0 Å². The first kappa shape index (κ1) is 17.5. The molecule has 0 spiro atoms. The monoisotopic (exact) mass is 353 g/mol. The van der Waals surface area contributed by atoms with Gasteiger partial charge in [-0.15, -0.1) is 0 Å². The Kier molecular flexibility index (Phi) is 5.22. The first-order valence-corrected chi connectivity index (χ1v) is 8.02. The van der Waals surface area contributed by atoms with Crippen LogP contribution < -0.4 is 5.32 Å². The summed E-state index contributed by atoms with van der Waals surface area (Å²) in [4.78, 5) is 16.1.